The summed E-state index contributed by atoms with van der Waals surface area (Å²) in [6, 6.07) is 9.56. The lowest BCUT2D eigenvalue weighted by molar-refractivity contribution is -0.123. The molecule has 1 aromatic heterocycles. The maximum Gasteiger partial charge on any atom is 0.272 e. The van der Waals surface area contributed by atoms with Gasteiger partial charge in [-0.15, -0.1) is 0 Å². The van der Waals surface area contributed by atoms with E-state index in [9.17, 15) is 18.0 Å². The number of aromatic nitrogens is 1. The summed E-state index contributed by atoms with van der Waals surface area (Å²) in [5.74, 6) is -0.0564. The van der Waals surface area contributed by atoms with Gasteiger partial charge >= 0.3 is 0 Å². The second-order valence-corrected chi connectivity index (χ2v) is 9.01. The standard InChI is InChI=1S/C20H22N4O5S/c1-2-17-19(25)22-16-13-14(6-7-18(16)29-17)30(27,28)24-11-9-23(10-12-24)20(26)15-5-3-4-8-21-15/h3-8,13,17H,2,9-12H2,1H3,(H,22,25). The van der Waals surface area contributed by atoms with Gasteiger partial charge in [-0.25, -0.2) is 8.42 Å². The molecule has 2 aliphatic rings. The fraction of sp³-hybridized carbons (Fsp3) is 0.350. The minimum Gasteiger partial charge on any atom is -0.478 e. The number of carbonyl (C=O) groups is 2. The van der Waals surface area contributed by atoms with Crippen molar-refractivity contribution in [2.75, 3.05) is 31.5 Å². The van der Waals surface area contributed by atoms with Crippen LogP contribution in [-0.4, -0.2) is 66.7 Å². The Kier molecular flexibility index (Phi) is 5.44. The highest BCUT2D eigenvalue weighted by molar-refractivity contribution is 7.89. The molecule has 4 rings (SSSR count). The Morgan fingerprint density at radius 2 is 1.97 bits per heavy atom. The predicted molar refractivity (Wildman–Crippen MR) is 109 cm³/mol. The van der Waals surface area contributed by atoms with Crippen LogP contribution in [0.5, 0.6) is 5.75 Å². The molecule has 158 valence electrons. The molecule has 2 aliphatic heterocycles. The lowest BCUT2D eigenvalue weighted by Crippen LogP contribution is -2.50. The van der Waals surface area contributed by atoms with Crippen molar-refractivity contribution in [3.63, 3.8) is 0 Å². The van der Waals surface area contributed by atoms with E-state index < -0.39 is 16.1 Å². The van der Waals surface area contributed by atoms with Crippen molar-refractivity contribution >= 4 is 27.5 Å². The third kappa shape index (κ3) is 3.75. The molecule has 0 saturated carbocycles. The quantitative estimate of drug-likeness (QED) is 0.784. The fourth-order valence-electron chi connectivity index (χ4n) is 3.49. The normalized spacial score (nSPS) is 19.6. The number of sulfonamides is 1. The minimum absolute atomic E-state index is 0.0737. The molecule has 3 heterocycles. The first-order valence-electron chi connectivity index (χ1n) is 9.72. The maximum atomic E-state index is 13.1. The Balaban J connectivity index is 1.47. The van der Waals surface area contributed by atoms with Gasteiger partial charge in [0.1, 0.15) is 11.4 Å². The van der Waals surface area contributed by atoms with Crippen LogP contribution >= 0.6 is 0 Å². The molecule has 1 aromatic carbocycles. The fourth-order valence-corrected chi connectivity index (χ4v) is 4.94. The van der Waals surface area contributed by atoms with E-state index >= 15 is 0 Å². The van der Waals surface area contributed by atoms with E-state index in [2.05, 4.69) is 10.3 Å². The Labute approximate surface area is 174 Å². The zero-order valence-electron chi connectivity index (χ0n) is 16.4. The van der Waals surface area contributed by atoms with Crippen LogP contribution in [0.4, 0.5) is 5.69 Å². The molecule has 0 spiro atoms. The molecule has 1 unspecified atom stereocenters. The van der Waals surface area contributed by atoms with Crippen molar-refractivity contribution in [3.8, 4) is 5.75 Å². The number of hydrogen-bond acceptors (Lipinski definition) is 6. The Bertz CT molecular complexity index is 1070. The van der Waals surface area contributed by atoms with Gasteiger partial charge in [-0.05, 0) is 36.8 Å². The first kappa shape index (κ1) is 20.3. The molecule has 30 heavy (non-hydrogen) atoms. The van der Waals surface area contributed by atoms with Gasteiger partial charge in [0.05, 0.1) is 10.6 Å². The number of rotatable bonds is 4. The third-order valence-electron chi connectivity index (χ3n) is 5.19. The molecule has 2 aromatic rings. The lowest BCUT2D eigenvalue weighted by atomic mass is 10.2. The summed E-state index contributed by atoms with van der Waals surface area (Å²) in [7, 11) is -3.77. The summed E-state index contributed by atoms with van der Waals surface area (Å²) < 4.78 is 33.1. The summed E-state index contributed by atoms with van der Waals surface area (Å²) in [6.07, 6.45) is 1.49. The van der Waals surface area contributed by atoms with Crippen molar-refractivity contribution in [2.45, 2.75) is 24.3 Å². The van der Waals surface area contributed by atoms with Gasteiger partial charge in [0, 0.05) is 32.4 Å². The van der Waals surface area contributed by atoms with Crippen LogP contribution < -0.4 is 10.1 Å². The molecule has 10 heteroatoms. The molecule has 0 radical (unpaired) electrons. The van der Waals surface area contributed by atoms with Crippen molar-refractivity contribution in [3.05, 3.63) is 48.3 Å². The van der Waals surface area contributed by atoms with E-state index in [0.717, 1.165) is 0 Å². The predicted octanol–water partition coefficient (Wildman–Crippen LogP) is 1.34. The molecule has 1 saturated heterocycles. The summed E-state index contributed by atoms with van der Waals surface area (Å²) in [5, 5.41) is 2.71. The second-order valence-electron chi connectivity index (χ2n) is 7.07. The van der Waals surface area contributed by atoms with Crippen LogP contribution in [0.15, 0.2) is 47.5 Å². The first-order chi connectivity index (χ1) is 14.4. The van der Waals surface area contributed by atoms with Gasteiger partial charge in [-0.1, -0.05) is 13.0 Å². The van der Waals surface area contributed by atoms with Gasteiger partial charge in [-0.2, -0.15) is 4.31 Å². The number of carbonyl (C=O) groups excluding carboxylic acids is 2. The zero-order valence-corrected chi connectivity index (χ0v) is 17.3. The number of pyridine rings is 1. The van der Waals surface area contributed by atoms with Crippen LogP contribution in [0.3, 0.4) is 0 Å². The molecule has 1 N–H and O–H groups in total. The number of amides is 2. The van der Waals surface area contributed by atoms with Crippen molar-refractivity contribution < 1.29 is 22.7 Å². The molecule has 2 amide bonds. The largest absolute Gasteiger partial charge is 0.478 e. The molecule has 0 bridgehead atoms. The number of fused-ring (bicyclic) bond motifs is 1. The number of ether oxygens (including phenoxy) is 1. The zero-order chi connectivity index (χ0) is 21.3. The Morgan fingerprint density at radius 1 is 1.20 bits per heavy atom. The Hall–Kier alpha value is -2.98. The number of nitrogens with zero attached hydrogens (tertiary/aromatic N) is 3. The third-order valence-corrected chi connectivity index (χ3v) is 7.08. The highest BCUT2D eigenvalue weighted by atomic mass is 32.2. The highest BCUT2D eigenvalue weighted by Crippen LogP contribution is 2.33. The van der Waals surface area contributed by atoms with Crippen LogP contribution in [0.1, 0.15) is 23.8 Å². The monoisotopic (exact) mass is 430 g/mol. The summed E-state index contributed by atoms with van der Waals surface area (Å²) >= 11 is 0. The van der Waals surface area contributed by atoms with Gasteiger partial charge < -0.3 is 15.0 Å². The number of hydrogen-bond donors (Lipinski definition) is 1. The lowest BCUT2D eigenvalue weighted by Gasteiger charge is -2.34. The van der Waals surface area contributed by atoms with E-state index in [-0.39, 0.29) is 42.9 Å². The number of benzene rings is 1. The van der Waals surface area contributed by atoms with Crippen LogP contribution in [0, 0.1) is 0 Å². The number of anilines is 1. The van der Waals surface area contributed by atoms with Crippen LogP contribution in [0.25, 0.3) is 0 Å². The first-order valence-corrected chi connectivity index (χ1v) is 11.2. The van der Waals surface area contributed by atoms with Gasteiger partial charge in [0.15, 0.2) is 6.10 Å². The summed E-state index contributed by atoms with van der Waals surface area (Å²) in [5.41, 5.74) is 0.680. The minimum atomic E-state index is -3.77. The SMILES string of the molecule is CCC1Oc2ccc(S(=O)(=O)N3CCN(C(=O)c4ccccn4)CC3)cc2NC1=O. The second kappa shape index (κ2) is 8.04. The van der Waals surface area contributed by atoms with Gasteiger partial charge in [0.25, 0.3) is 11.8 Å². The van der Waals surface area contributed by atoms with E-state index in [1.807, 2.05) is 6.92 Å². The van der Waals surface area contributed by atoms with Crippen molar-refractivity contribution in [1.82, 2.24) is 14.2 Å². The van der Waals surface area contributed by atoms with Crippen molar-refractivity contribution in [2.24, 2.45) is 0 Å². The van der Waals surface area contributed by atoms with Crippen LogP contribution in [-0.2, 0) is 14.8 Å². The van der Waals surface area contributed by atoms with Gasteiger partial charge in [-0.3, -0.25) is 14.6 Å². The van der Waals surface area contributed by atoms with E-state index in [0.29, 0.717) is 23.6 Å². The van der Waals surface area contributed by atoms with E-state index in [1.165, 1.54) is 16.4 Å². The molecular formula is C20H22N4O5S. The number of piperazine rings is 1. The highest BCUT2D eigenvalue weighted by Gasteiger charge is 2.33. The van der Waals surface area contributed by atoms with E-state index in [1.54, 1.807) is 35.4 Å². The topological polar surface area (TPSA) is 109 Å². The molecule has 1 atom stereocenters. The summed E-state index contributed by atoms with van der Waals surface area (Å²) in [4.78, 5) is 30.3. The molecular weight excluding hydrogens is 408 g/mol. The average Bonchev–Trinajstić information content (AvgIpc) is 2.78. The van der Waals surface area contributed by atoms with Gasteiger partial charge in [0.2, 0.25) is 10.0 Å². The van der Waals surface area contributed by atoms with Crippen LogP contribution in [0.2, 0.25) is 0 Å². The van der Waals surface area contributed by atoms with Crippen molar-refractivity contribution in [1.29, 1.82) is 0 Å². The average molecular weight is 430 g/mol. The molecule has 9 nitrogen and oxygen atoms in total. The Morgan fingerprint density at radius 3 is 2.63 bits per heavy atom. The summed E-state index contributed by atoms with van der Waals surface area (Å²) in [6.45, 7) is 2.75. The van der Waals surface area contributed by atoms with E-state index in [4.69, 9.17) is 4.74 Å². The molecule has 1 fully saturated rings. The smallest absolute Gasteiger partial charge is 0.272 e. The molecule has 0 aliphatic carbocycles. The number of nitrogens with one attached hydrogen (secondary N) is 1. The maximum absolute atomic E-state index is 13.1.